The number of nitrogens with zero attached hydrogens (tertiary/aromatic N) is 1. The van der Waals surface area contributed by atoms with Crippen LogP contribution in [-0.2, 0) is 4.74 Å². The number of morpholine rings is 1. The van der Waals surface area contributed by atoms with Crippen molar-refractivity contribution in [3.63, 3.8) is 0 Å². The van der Waals surface area contributed by atoms with Gasteiger partial charge in [0.05, 0.1) is 35.7 Å². The van der Waals surface area contributed by atoms with Gasteiger partial charge in [0.2, 0.25) is 0 Å². The molecular formula is C24H24N2O3S. The zero-order valence-corrected chi connectivity index (χ0v) is 17.5. The number of hydrogen-bond acceptors (Lipinski definition) is 5. The molecule has 5 nitrogen and oxygen atoms in total. The van der Waals surface area contributed by atoms with Gasteiger partial charge in [-0.05, 0) is 17.7 Å². The van der Waals surface area contributed by atoms with E-state index in [0.29, 0.717) is 19.8 Å². The number of carbonyl (C=O) groups is 1. The monoisotopic (exact) mass is 420 g/mol. The fourth-order valence-electron chi connectivity index (χ4n) is 4.04. The molecule has 0 aliphatic carbocycles. The number of rotatable bonds is 4. The van der Waals surface area contributed by atoms with Gasteiger partial charge in [0, 0.05) is 30.6 Å². The van der Waals surface area contributed by atoms with Crippen molar-refractivity contribution >= 4 is 22.2 Å². The Morgan fingerprint density at radius 3 is 2.60 bits per heavy atom. The molecular weight excluding hydrogens is 396 g/mol. The van der Waals surface area contributed by atoms with Crippen molar-refractivity contribution in [1.82, 2.24) is 5.32 Å². The Bertz CT molecular complexity index is 1030. The van der Waals surface area contributed by atoms with Crippen molar-refractivity contribution in [2.75, 3.05) is 37.8 Å². The fraction of sp³-hybridized carbons (Fsp3) is 0.292. The lowest BCUT2D eigenvalue weighted by molar-refractivity contribution is 0.0929. The molecule has 154 valence electrons. The molecule has 0 bridgehead atoms. The predicted molar refractivity (Wildman–Crippen MR) is 120 cm³/mol. The predicted octanol–water partition coefficient (Wildman–Crippen LogP) is 4.51. The van der Waals surface area contributed by atoms with E-state index in [1.807, 2.05) is 48.5 Å². The number of hydrogen-bond donors (Lipinski definition) is 1. The Balaban J connectivity index is 1.44. The molecule has 3 heterocycles. The highest BCUT2D eigenvalue weighted by molar-refractivity contribution is 7.18. The lowest BCUT2D eigenvalue weighted by Crippen LogP contribution is -2.35. The molecule has 1 atom stereocenters. The van der Waals surface area contributed by atoms with Crippen molar-refractivity contribution in [2.24, 2.45) is 0 Å². The second-order valence-electron chi connectivity index (χ2n) is 7.50. The van der Waals surface area contributed by atoms with Gasteiger partial charge in [-0.1, -0.05) is 48.5 Å². The minimum atomic E-state index is -0.0310. The first-order valence-electron chi connectivity index (χ1n) is 10.3. The van der Waals surface area contributed by atoms with Crippen molar-refractivity contribution in [2.45, 2.75) is 12.5 Å². The summed E-state index contributed by atoms with van der Waals surface area (Å²) in [5, 5.41) is 4.38. The first kappa shape index (κ1) is 19.2. The van der Waals surface area contributed by atoms with Gasteiger partial charge in [-0.3, -0.25) is 4.79 Å². The maximum atomic E-state index is 13.2. The Morgan fingerprint density at radius 1 is 1.00 bits per heavy atom. The summed E-state index contributed by atoms with van der Waals surface area (Å²) in [6, 6.07) is 20.2. The van der Waals surface area contributed by atoms with E-state index in [2.05, 4.69) is 22.3 Å². The number of thiophene rings is 1. The third kappa shape index (κ3) is 3.80. The smallest absolute Gasteiger partial charge is 0.261 e. The van der Waals surface area contributed by atoms with E-state index < -0.39 is 0 Å². The number of ether oxygens (including phenoxy) is 2. The van der Waals surface area contributed by atoms with Crippen LogP contribution < -0.4 is 15.0 Å². The van der Waals surface area contributed by atoms with Crippen molar-refractivity contribution in [1.29, 1.82) is 0 Å². The van der Waals surface area contributed by atoms with Gasteiger partial charge in [0.1, 0.15) is 5.75 Å². The molecule has 1 amide bonds. The Hall–Kier alpha value is -2.83. The molecule has 30 heavy (non-hydrogen) atoms. The second-order valence-corrected chi connectivity index (χ2v) is 8.53. The molecule has 1 fully saturated rings. The summed E-state index contributed by atoms with van der Waals surface area (Å²) in [5.74, 6) is 0.831. The number of nitrogens with one attached hydrogen (secondary N) is 1. The molecule has 0 radical (unpaired) electrons. The Morgan fingerprint density at radius 2 is 1.77 bits per heavy atom. The lowest BCUT2D eigenvalue weighted by Gasteiger charge is -2.28. The number of anilines is 1. The average molecular weight is 421 g/mol. The van der Waals surface area contributed by atoms with Crippen LogP contribution in [0.5, 0.6) is 5.75 Å². The number of para-hydroxylation sites is 1. The molecule has 1 saturated heterocycles. The molecule has 0 unspecified atom stereocenters. The zero-order chi connectivity index (χ0) is 20.3. The van der Waals surface area contributed by atoms with E-state index >= 15 is 0 Å². The highest BCUT2D eigenvalue weighted by Crippen LogP contribution is 2.40. The Kier molecular flexibility index (Phi) is 5.43. The van der Waals surface area contributed by atoms with Gasteiger partial charge in [-0.15, -0.1) is 11.3 Å². The van der Waals surface area contributed by atoms with Crippen molar-refractivity contribution in [3.8, 4) is 16.9 Å². The fourth-order valence-corrected chi connectivity index (χ4v) is 5.18. The van der Waals surface area contributed by atoms with Crippen LogP contribution in [0.4, 0.5) is 5.00 Å². The molecule has 3 aromatic rings. The van der Waals surface area contributed by atoms with E-state index in [-0.39, 0.29) is 11.9 Å². The highest BCUT2D eigenvalue weighted by atomic mass is 32.1. The van der Waals surface area contributed by atoms with Crippen molar-refractivity contribution in [3.05, 3.63) is 71.1 Å². The maximum absolute atomic E-state index is 13.2. The van der Waals surface area contributed by atoms with Crippen LogP contribution in [0.3, 0.4) is 0 Å². The van der Waals surface area contributed by atoms with E-state index in [1.54, 1.807) is 11.3 Å². The molecule has 2 aliphatic rings. The van der Waals surface area contributed by atoms with Gasteiger partial charge in [0.25, 0.3) is 5.91 Å². The van der Waals surface area contributed by atoms with Crippen LogP contribution in [0.1, 0.15) is 27.7 Å². The van der Waals surface area contributed by atoms with Crippen LogP contribution in [0.15, 0.2) is 60.7 Å². The SMILES string of the molecule is O=C(N[C@@H]1CCOc2ccccc21)c1cc(-c2ccccc2)c(N2CCOCC2)s1. The third-order valence-electron chi connectivity index (χ3n) is 5.58. The quantitative estimate of drug-likeness (QED) is 0.675. The normalized spacial score (nSPS) is 18.4. The number of carbonyl (C=O) groups excluding carboxylic acids is 1. The van der Waals surface area contributed by atoms with Gasteiger partial charge in [0.15, 0.2) is 0 Å². The minimum absolute atomic E-state index is 0.0293. The Labute approximate surface area is 180 Å². The van der Waals surface area contributed by atoms with Crippen LogP contribution >= 0.6 is 11.3 Å². The third-order valence-corrected chi connectivity index (χ3v) is 6.78. The molecule has 1 N–H and O–H groups in total. The summed E-state index contributed by atoms with van der Waals surface area (Å²) in [6.45, 7) is 3.73. The van der Waals surface area contributed by atoms with Crippen LogP contribution in [0.25, 0.3) is 11.1 Å². The molecule has 2 aliphatic heterocycles. The summed E-state index contributed by atoms with van der Waals surface area (Å²) >= 11 is 1.57. The number of fused-ring (bicyclic) bond motifs is 1. The first-order valence-corrected chi connectivity index (χ1v) is 11.2. The van der Waals surface area contributed by atoms with E-state index in [1.165, 1.54) is 0 Å². The summed E-state index contributed by atoms with van der Waals surface area (Å²) in [7, 11) is 0. The van der Waals surface area contributed by atoms with Gasteiger partial charge >= 0.3 is 0 Å². The van der Waals surface area contributed by atoms with E-state index in [4.69, 9.17) is 9.47 Å². The molecule has 0 spiro atoms. The van der Waals surface area contributed by atoms with Crippen LogP contribution in [-0.4, -0.2) is 38.8 Å². The molecule has 2 aromatic carbocycles. The number of benzene rings is 2. The molecule has 1 aromatic heterocycles. The van der Waals surface area contributed by atoms with Gasteiger partial charge in [-0.2, -0.15) is 0 Å². The zero-order valence-electron chi connectivity index (χ0n) is 16.7. The van der Waals surface area contributed by atoms with Crippen molar-refractivity contribution < 1.29 is 14.3 Å². The highest BCUT2D eigenvalue weighted by Gasteiger charge is 2.26. The molecule has 6 heteroatoms. The van der Waals surface area contributed by atoms with E-state index in [9.17, 15) is 4.79 Å². The van der Waals surface area contributed by atoms with E-state index in [0.717, 1.165) is 51.8 Å². The topological polar surface area (TPSA) is 50.8 Å². The summed E-state index contributed by atoms with van der Waals surface area (Å²) in [4.78, 5) is 16.3. The molecule has 5 rings (SSSR count). The standard InChI is InChI=1S/C24H24N2O3S/c27-23(25-20-10-13-29-21-9-5-4-8-18(20)21)22-16-19(17-6-2-1-3-7-17)24(30-22)26-11-14-28-15-12-26/h1-9,16,20H,10-15H2,(H,25,27)/t20-/m1/s1. The van der Waals surface area contributed by atoms with Gasteiger partial charge < -0.3 is 19.7 Å². The number of amides is 1. The maximum Gasteiger partial charge on any atom is 0.261 e. The van der Waals surface area contributed by atoms with Gasteiger partial charge in [-0.25, -0.2) is 0 Å². The summed E-state index contributed by atoms with van der Waals surface area (Å²) in [5.41, 5.74) is 3.29. The largest absolute Gasteiger partial charge is 0.493 e. The first-order chi connectivity index (χ1) is 14.8. The van der Waals surface area contributed by atoms with Crippen LogP contribution in [0.2, 0.25) is 0 Å². The minimum Gasteiger partial charge on any atom is -0.493 e. The van der Waals surface area contributed by atoms with Crippen LogP contribution in [0, 0.1) is 0 Å². The second kappa shape index (κ2) is 8.50. The summed E-state index contributed by atoms with van der Waals surface area (Å²) < 4.78 is 11.3. The molecule has 0 saturated carbocycles. The average Bonchev–Trinajstić information content (AvgIpc) is 3.26. The lowest BCUT2D eigenvalue weighted by atomic mass is 10.0. The summed E-state index contributed by atoms with van der Waals surface area (Å²) in [6.07, 6.45) is 0.774.